The Morgan fingerprint density at radius 1 is 1.04 bits per heavy atom. The lowest BCUT2D eigenvalue weighted by Gasteiger charge is -2.11. The summed E-state index contributed by atoms with van der Waals surface area (Å²) in [7, 11) is -4.86. The van der Waals surface area contributed by atoms with E-state index < -0.39 is 32.2 Å². The molecule has 0 spiro atoms. The number of rotatable bonds is 5. The predicted octanol–water partition coefficient (Wildman–Crippen LogP) is 3.00. The lowest BCUT2D eigenvalue weighted by molar-refractivity contribution is -0.115. The van der Waals surface area contributed by atoms with E-state index in [0.29, 0.717) is 0 Å². The van der Waals surface area contributed by atoms with E-state index in [9.17, 15) is 26.4 Å². The minimum atomic E-state index is -4.86. The van der Waals surface area contributed by atoms with E-state index >= 15 is 0 Å². The molecule has 0 radical (unpaired) electrons. The second kappa shape index (κ2) is 6.82. The highest BCUT2D eigenvalue weighted by Gasteiger charge is 2.29. The molecule has 2 rings (SSSR count). The summed E-state index contributed by atoms with van der Waals surface area (Å²) in [5, 5.41) is 2.23. The van der Waals surface area contributed by atoms with Gasteiger partial charge in [0, 0.05) is 0 Å². The Labute approximate surface area is 130 Å². The standard InChI is InChI=1S/C15H12F3NO3S/c16-11-6-2-1-5-10(11)9-14(20)19-12-7-3-4-8-13(12)23(21,22)15(17)18/h1-8,15H,9H2,(H,19,20). The molecule has 8 heteroatoms. The Kier molecular flexibility index (Phi) is 5.05. The molecule has 1 amide bonds. The number of alkyl halides is 2. The van der Waals surface area contributed by atoms with Crippen LogP contribution in [0.2, 0.25) is 0 Å². The van der Waals surface area contributed by atoms with Crippen LogP contribution in [0.1, 0.15) is 5.56 Å². The van der Waals surface area contributed by atoms with Gasteiger partial charge in [-0.05, 0) is 23.8 Å². The van der Waals surface area contributed by atoms with Gasteiger partial charge in [-0.25, -0.2) is 12.8 Å². The first-order valence-corrected chi connectivity index (χ1v) is 8.01. The second-order valence-corrected chi connectivity index (χ2v) is 6.50. The summed E-state index contributed by atoms with van der Waals surface area (Å²) in [5.41, 5.74) is -0.159. The van der Waals surface area contributed by atoms with E-state index in [-0.39, 0.29) is 17.7 Å². The van der Waals surface area contributed by atoms with Crippen LogP contribution in [-0.4, -0.2) is 20.1 Å². The van der Waals surface area contributed by atoms with Crippen molar-refractivity contribution >= 4 is 21.4 Å². The highest BCUT2D eigenvalue weighted by molar-refractivity contribution is 7.91. The van der Waals surface area contributed by atoms with E-state index in [1.807, 2.05) is 0 Å². The zero-order chi connectivity index (χ0) is 17.0. The number of hydrogen-bond acceptors (Lipinski definition) is 3. The summed E-state index contributed by atoms with van der Waals surface area (Å²) < 4.78 is 62.0. The van der Waals surface area contributed by atoms with E-state index in [0.717, 1.165) is 6.07 Å². The molecule has 0 aliphatic rings. The van der Waals surface area contributed by atoms with Crippen molar-refractivity contribution in [3.05, 3.63) is 59.9 Å². The number of hydrogen-bond donors (Lipinski definition) is 1. The Balaban J connectivity index is 2.24. The molecule has 2 aromatic carbocycles. The largest absolute Gasteiger partial charge is 0.341 e. The maximum atomic E-state index is 13.5. The Hall–Kier alpha value is -2.35. The van der Waals surface area contributed by atoms with Crippen LogP contribution >= 0.6 is 0 Å². The first-order valence-electron chi connectivity index (χ1n) is 6.46. The van der Waals surface area contributed by atoms with Crippen LogP contribution in [0.3, 0.4) is 0 Å². The number of benzene rings is 2. The summed E-state index contributed by atoms with van der Waals surface area (Å²) in [6, 6.07) is 10.4. The molecule has 4 nitrogen and oxygen atoms in total. The molecule has 1 N–H and O–H groups in total. The van der Waals surface area contributed by atoms with Gasteiger partial charge in [-0.2, -0.15) is 8.78 Å². The highest BCUT2D eigenvalue weighted by atomic mass is 32.2. The van der Waals surface area contributed by atoms with E-state index in [4.69, 9.17) is 0 Å². The fourth-order valence-corrected chi connectivity index (χ4v) is 2.81. The van der Waals surface area contributed by atoms with Gasteiger partial charge >= 0.3 is 5.76 Å². The smallest absolute Gasteiger partial charge is 0.325 e. The van der Waals surface area contributed by atoms with Crippen molar-refractivity contribution in [1.29, 1.82) is 0 Å². The molecule has 0 saturated heterocycles. The third-order valence-electron chi connectivity index (χ3n) is 3.01. The fraction of sp³-hybridized carbons (Fsp3) is 0.133. The van der Waals surface area contributed by atoms with Crippen LogP contribution in [-0.2, 0) is 21.1 Å². The van der Waals surface area contributed by atoms with Crippen LogP contribution in [0.15, 0.2) is 53.4 Å². The van der Waals surface area contributed by atoms with Crippen molar-refractivity contribution < 1.29 is 26.4 Å². The monoisotopic (exact) mass is 343 g/mol. The summed E-state index contributed by atoms with van der Waals surface area (Å²) >= 11 is 0. The molecular formula is C15H12F3NO3S. The lowest BCUT2D eigenvalue weighted by Crippen LogP contribution is -2.19. The first-order chi connectivity index (χ1) is 10.8. The van der Waals surface area contributed by atoms with Crippen LogP contribution in [0.5, 0.6) is 0 Å². The average molecular weight is 343 g/mol. The molecule has 0 fully saturated rings. The van der Waals surface area contributed by atoms with Gasteiger partial charge in [-0.15, -0.1) is 0 Å². The predicted molar refractivity (Wildman–Crippen MR) is 78.4 cm³/mol. The molecule has 0 atom stereocenters. The SMILES string of the molecule is O=C(Cc1ccccc1F)Nc1ccccc1S(=O)(=O)C(F)F. The van der Waals surface area contributed by atoms with Gasteiger partial charge < -0.3 is 5.32 Å². The lowest BCUT2D eigenvalue weighted by atomic mass is 10.1. The number of sulfone groups is 1. The van der Waals surface area contributed by atoms with Crippen molar-refractivity contribution in [3.8, 4) is 0 Å². The summed E-state index contributed by atoms with van der Waals surface area (Å²) in [6.45, 7) is 0. The molecule has 122 valence electrons. The van der Waals surface area contributed by atoms with Crippen molar-refractivity contribution in [2.24, 2.45) is 0 Å². The summed E-state index contributed by atoms with van der Waals surface area (Å²) in [4.78, 5) is 11.2. The number of nitrogens with one attached hydrogen (secondary N) is 1. The molecule has 0 aromatic heterocycles. The third-order valence-corrected chi connectivity index (χ3v) is 4.45. The minimum absolute atomic E-state index is 0.110. The van der Waals surface area contributed by atoms with Crippen LogP contribution < -0.4 is 5.32 Å². The normalized spacial score (nSPS) is 11.5. The highest BCUT2D eigenvalue weighted by Crippen LogP contribution is 2.26. The number of anilines is 1. The quantitative estimate of drug-likeness (QED) is 0.908. The second-order valence-electron chi connectivity index (χ2n) is 4.62. The molecule has 0 bridgehead atoms. The zero-order valence-corrected chi connectivity index (χ0v) is 12.5. The van der Waals surface area contributed by atoms with Gasteiger partial charge in [0.05, 0.1) is 17.0 Å². The fourth-order valence-electron chi connectivity index (χ4n) is 1.92. The molecule has 0 heterocycles. The molecule has 2 aromatic rings. The minimum Gasteiger partial charge on any atom is -0.325 e. The third kappa shape index (κ3) is 3.89. The number of halogens is 3. The van der Waals surface area contributed by atoms with Gasteiger partial charge in [-0.1, -0.05) is 30.3 Å². The van der Waals surface area contributed by atoms with Gasteiger partial charge in [-0.3, -0.25) is 4.79 Å². The van der Waals surface area contributed by atoms with Crippen LogP contribution in [0.25, 0.3) is 0 Å². The maximum absolute atomic E-state index is 13.5. The van der Waals surface area contributed by atoms with E-state index in [2.05, 4.69) is 5.32 Å². The Morgan fingerprint density at radius 3 is 2.30 bits per heavy atom. The molecule has 0 unspecified atom stereocenters. The molecular weight excluding hydrogens is 331 g/mol. The number of carbonyl (C=O) groups excluding carboxylic acids is 1. The Morgan fingerprint density at radius 2 is 1.65 bits per heavy atom. The van der Waals surface area contributed by atoms with E-state index in [1.165, 1.54) is 36.4 Å². The molecule has 0 saturated carbocycles. The maximum Gasteiger partial charge on any atom is 0.341 e. The van der Waals surface area contributed by atoms with Crippen molar-refractivity contribution in [3.63, 3.8) is 0 Å². The number of para-hydroxylation sites is 1. The molecule has 0 aliphatic heterocycles. The van der Waals surface area contributed by atoms with Crippen LogP contribution in [0, 0.1) is 5.82 Å². The van der Waals surface area contributed by atoms with Crippen molar-refractivity contribution in [1.82, 2.24) is 0 Å². The van der Waals surface area contributed by atoms with Gasteiger partial charge in [0.1, 0.15) is 5.82 Å². The molecule has 23 heavy (non-hydrogen) atoms. The van der Waals surface area contributed by atoms with Gasteiger partial charge in [0.15, 0.2) is 0 Å². The number of carbonyl (C=O) groups is 1. The number of amides is 1. The van der Waals surface area contributed by atoms with Crippen molar-refractivity contribution in [2.75, 3.05) is 5.32 Å². The summed E-state index contributed by atoms with van der Waals surface area (Å²) in [5.74, 6) is -4.91. The zero-order valence-electron chi connectivity index (χ0n) is 11.7. The average Bonchev–Trinajstić information content (AvgIpc) is 2.50. The van der Waals surface area contributed by atoms with Gasteiger partial charge in [0.2, 0.25) is 15.7 Å². The van der Waals surface area contributed by atoms with Crippen molar-refractivity contribution in [2.45, 2.75) is 17.1 Å². The summed E-state index contributed by atoms with van der Waals surface area (Å²) in [6.07, 6.45) is -0.351. The van der Waals surface area contributed by atoms with Crippen LogP contribution in [0.4, 0.5) is 18.9 Å². The van der Waals surface area contributed by atoms with E-state index in [1.54, 1.807) is 6.07 Å². The first kappa shape index (κ1) is 17.0. The van der Waals surface area contributed by atoms with Gasteiger partial charge in [0.25, 0.3) is 0 Å². The molecule has 0 aliphatic carbocycles. The Bertz CT molecular complexity index is 822. The topological polar surface area (TPSA) is 63.2 Å².